The van der Waals surface area contributed by atoms with Crippen molar-refractivity contribution in [1.82, 2.24) is 0 Å². The molecule has 1 spiro atoms. The highest BCUT2D eigenvalue weighted by Gasteiger charge is 2.66. The van der Waals surface area contributed by atoms with E-state index in [0.717, 1.165) is 5.41 Å². The maximum atomic E-state index is 2.30. The number of hydrogen-bond donors (Lipinski definition) is 0. The average Bonchev–Trinajstić information content (AvgIpc) is 2.41. The van der Waals surface area contributed by atoms with Crippen LogP contribution in [0.15, 0.2) is 23.3 Å². The molecule has 0 bridgehead atoms. The summed E-state index contributed by atoms with van der Waals surface area (Å²) in [5.74, 6) is 0. The van der Waals surface area contributed by atoms with E-state index in [0.29, 0.717) is 0 Å². The first-order valence-corrected chi connectivity index (χ1v) is 2.84. The van der Waals surface area contributed by atoms with Crippen molar-refractivity contribution in [1.29, 1.82) is 0 Å². The summed E-state index contributed by atoms with van der Waals surface area (Å²) < 4.78 is 0. The Bertz CT molecular complexity index is 208. The van der Waals surface area contributed by atoms with E-state index in [4.69, 9.17) is 0 Å². The molecule has 3 aliphatic carbocycles. The normalized spacial score (nSPS) is 49.1. The van der Waals surface area contributed by atoms with Gasteiger partial charge < -0.3 is 0 Å². The Hall–Kier alpha value is -0.520. The molecule has 0 heterocycles. The van der Waals surface area contributed by atoms with Crippen LogP contribution >= 0.6 is 0 Å². The third-order valence-electron chi connectivity index (χ3n) is 2.46. The summed E-state index contributed by atoms with van der Waals surface area (Å²) in [7, 11) is 0. The predicted molar refractivity (Wildman–Crippen MR) is 27.8 cm³/mol. The molecule has 0 nitrogen and oxygen atoms in total. The van der Waals surface area contributed by atoms with Crippen LogP contribution in [-0.2, 0) is 0 Å². The van der Waals surface area contributed by atoms with Crippen LogP contribution in [0.4, 0.5) is 0 Å². The first-order valence-electron chi connectivity index (χ1n) is 2.84. The van der Waals surface area contributed by atoms with Gasteiger partial charge in [0, 0.05) is 5.41 Å². The number of allylic oxidation sites excluding steroid dienone is 4. The maximum absolute atomic E-state index is 2.30. The highest BCUT2D eigenvalue weighted by molar-refractivity contribution is 5.72. The molecule has 0 aromatic heterocycles. The van der Waals surface area contributed by atoms with E-state index < -0.39 is 0 Å². The molecule has 0 saturated heterocycles. The minimum Gasteiger partial charge on any atom is -0.0830 e. The Balaban J connectivity index is 2.34. The zero-order chi connectivity index (χ0) is 4.48. The molecule has 7 heavy (non-hydrogen) atoms. The van der Waals surface area contributed by atoms with Gasteiger partial charge in [-0.3, -0.25) is 0 Å². The molecule has 0 radical (unpaired) electrons. The second kappa shape index (κ2) is 0.459. The van der Waals surface area contributed by atoms with Gasteiger partial charge in [0.05, 0.1) is 0 Å². The lowest BCUT2D eigenvalue weighted by molar-refractivity contribution is 0.754. The van der Waals surface area contributed by atoms with E-state index in [-0.39, 0.29) is 0 Å². The molecular weight excluding hydrogens is 84.1 g/mol. The van der Waals surface area contributed by atoms with Gasteiger partial charge in [-0.05, 0) is 18.4 Å². The van der Waals surface area contributed by atoms with E-state index in [2.05, 4.69) is 12.2 Å². The Morgan fingerprint density at radius 2 is 2.57 bits per heavy atom. The van der Waals surface area contributed by atoms with E-state index in [1.54, 1.807) is 11.1 Å². The zero-order valence-electron chi connectivity index (χ0n) is 4.07. The Labute approximate surface area is 42.5 Å². The van der Waals surface area contributed by atoms with Crippen LogP contribution in [0.5, 0.6) is 0 Å². The van der Waals surface area contributed by atoms with E-state index >= 15 is 0 Å². The lowest BCUT2D eigenvalue weighted by atomic mass is 10.1. The van der Waals surface area contributed by atoms with Crippen LogP contribution in [-0.4, -0.2) is 0 Å². The van der Waals surface area contributed by atoms with Gasteiger partial charge in [0.25, 0.3) is 0 Å². The molecule has 1 fully saturated rings. The van der Waals surface area contributed by atoms with E-state index in [1.807, 2.05) is 0 Å². The molecule has 0 heteroatoms. The van der Waals surface area contributed by atoms with Crippen LogP contribution in [0.3, 0.4) is 0 Å². The Morgan fingerprint density at radius 3 is 2.86 bits per heavy atom. The molecule has 0 aliphatic heterocycles. The molecule has 1 atom stereocenters. The van der Waals surface area contributed by atoms with Crippen molar-refractivity contribution in [3.63, 3.8) is 0 Å². The SMILES string of the molecule is C1=CC2=C3CC23C1. The van der Waals surface area contributed by atoms with Gasteiger partial charge in [0.2, 0.25) is 0 Å². The summed E-state index contributed by atoms with van der Waals surface area (Å²) in [5.41, 5.74) is 4.21. The fourth-order valence-electron chi connectivity index (χ4n) is 1.73. The summed E-state index contributed by atoms with van der Waals surface area (Å²) in [6, 6.07) is 0. The van der Waals surface area contributed by atoms with Gasteiger partial charge in [-0.15, -0.1) is 0 Å². The average molecular weight is 90.1 g/mol. The standard InChI is InChI=1S/C7H6/c1-2-5-6-4-7(5,6)3-1/h1-2H,3-4H2. The van der Waals surface area contributed by atoms with Crippen molar-refractivity contribution < 1.29 is 0 Å². The first kappa shape index (κ1) is 2.71. The van der Waals surface area contributed by atoms with E-state index in [9.17, 15) is 0 Å². The number of rotatable bonds is 0. The van der Waals surface area contributed by atoms with Crippen molar-refractivity contribution in [3.05, 3.63) is 23.3 Å². The van der Waals surface area contributed by atoms with Crippen molar-refractivity contribution in [2.45, 2.75) is 12.8 Å². The quantitative estimate of drug-likeness (QED) is 0.424. The molecule has 1 unspecified atom stereocenters. The fourth-order valence-corrected chi connectivity index (χ4v) is 1.73. The molecule has 34 valence electrons. The van der Waals surface area contributed by atoms with Gasteiger partial charge in [0.1, 0.15) is 0 Å². The Kier molecular flexibility index (Phi) is 0.177. The smallest absolute Gasteiger partial charge is 0.0240 e. The lowest BCUT2D eigenvalue weighted by Crippen LogP contribution is -1.79. The molecule has 1 saturated carbocycles. The highest BCUT2D eigenvalue weighted by Crippen LogP contribution is 2.78. The third kappa shape index (κ3) is 0.120. The minimum atomic E-state index is 0.750. The zero-order valence-corrected chi connectivity index (χ0v) is 4.07. The van der Waals surface area contributed by atoms with Crippen LogP contribution in [0.1, 0.15) is 12.8 Å². The van der Waals surface area contributed by atoms with Gasteiger partial charge in [-0.2, -0.15) is 0 Å². The lowest BCUT2D eigenvalue weighted by Gasteiger charge is -1.88. The van der Waals surface area contributed by atoms with Gasteiger partial charge >= 0.3 is 0 Å². The first-order chi connectivity index (χ1) is 3.43. The molecular formula is C7H6. The van der Waals surface area contributed by atoms with Crippen LogP contribution in [0.2, 0.25) is 0 Å². The fraction of sp³-hybridized carbons (Fsp3) is 0.429. The van der Waals surface area contributed by atoms with Crippen LogP contribution in [0, 0.1) is 5.41 Å². The van der Waals surface area contributed by atoms with Crippen molar-refractivity contribution in [3.8, 4) is 0 Å². The molecule has 0 aromatic carbocycles. The summed E-state index contributed by atoms with van der Waals surface area (Å²) in [6.45, 7) is 0. The largest absolute Gasteiger partial charge is 0.0830 e. The molecule has 3 rings (SSSR count). The second-order valence-corrected chi connectivity index (χ2v) is 2.76. The molecule has 0 amide bonds. The van der Waals surface area contributed by atoms with Crippen molar-refractivity contribution in [2.24, 2.45) is 5.41 Å². The summed E-state index contributed by atoms with van der Waals surface area (Å²) in [4.78, 5) is 0. The molecule has 0 N–H and O–H groups in total. The summed E-state index contributed by atoms with van der Waals surface area (Å²) >= 11 is 0. The topological polar surface area (TPSA) is 0 Å². The minimum absolute atomic E-state index is 0.750. The third-order valence-corrected chi connectivity index (χ3v) is 2.46. The molecule has 3 aliphatic rings. The van der Waals surface area contributed by atoms with Crippen LogP contribution in [0.25, 0.3) is 0 Å². The second-order valence-electron chi connectivity index (χ2n) is 2.76. The number of hydrogen-bond acceptors (Lipinski definition) is 0. The summed E-state index contributed by atoms with van der Waals surface area (Å²) in [6.07, 6.45) is 7.37. The predicted octanol–water partition coefficient (Wildman–Crippen LogP) is 1.65. The highest BCUT2D eigenvalue weighted by atomic mass is 14.7. The van der Waals surface area contributed by atoms with Crippen molar-refractivity contribution >= 4 is 0 Å². The monoisotopic (exact) mass is 90.0 g/mol. The van der Waals surface area contributed by atoms with Crippen LogP contribution < -0.4 is 0 Å². The van der Waals surface area contributed by atoms with E-state index in [1.165, 1.54) is 12.8 Å². The van der Waals surface area contributed by atoms with Gasteiger partial charge in [0.15, 0.2) is 0 Å². The maximum Gasteiger partial charge on any atom is 0.0240 e. The molecule has 0 aromatic rings. The van der Waals surface area contributed by atoms with Gasteiger partial charge in [-0.25, -0.2) is 0 Å². The van der Waals surface area contributed by atoms with Gasteiger partial charge in [-0.1, -0.05) is 17.7 Å². The summed E-state index contributed by atoms with van der Waals surface area (Å²) in [5, 5.41) is 0. The Morgan fingerprint density at radius 1 is 1.57 bits per heavy atom. The van der Waals surface area contributed by atoms with Crippen molar-refractivity contribution in [2.75, 3.05) is 0 Å².